The van der Waals surface area contributed by atoms with Gasteiger partial charge < -0.3 is 19.9 Å². The molecule has 180 valence electrons. The van der Waals surface area contributed by atoms with Crippen molar-refractivity contribution in [1.29, 1.82) is 0 Å². The van der Waals surface area contributed by atoms with Crippen molar-refractivity contribution < 1.29 is 14.3 Å². The molecule has 7 nitrogen and oxygen atoms in total. The Hall–Kier alpha value is -3.62. The lowest BCUT2D eigenvalue weighted by Gasteiger charge is -2.16. The molecule has 0 fully saturated rings. The van der Waals surface area contributed by atoms with Gasteiger partial charge in [-0.25, -0.2) is 4.98 Å². The van der Waals surface area contributed by atoms with E-state index in [0.717, 1.165) is 21.8 Å². The van der Waals surface area contributed by atoms with E-state index in [1.165, 1.54) is 11.8 Å². The Kier molecular flexibility index (Phi) is 8.18. The minimum Gasteiger partial charge on any atom is -0.383 e. The molecule has 1 unspecified atom stereocenters. The number of thioether (sulfide) groups is 1. The number of carbonyl (C=O) groups excluding carboxylic acids is 2. The maximum atomic E-state index is 13.0. The summed E-state index contributed by atoms with van der Waals surface area (Å²) in [6.45, 7) is 3.12. The van der Waals surface area contributed by atoms with Crippen molar-refractivity contribution in [2.45, 2.75) is 24.7 Å². The molecule has 3 aromatic carbocycles. The molecule has 1 atom stereocenters. The molecule has 0 aliphatic rings. The van der Waals surface area contributed by atoms with E-state index >= 15 is 0 Å². The summed E-state index contributed by atoms with van der Waals surface area (Å²) in [6, 6.07) is 24.5. The molecular weight excluding hydrogens is 460 g/mol. The molecule has 0 aliphatic heterocycles. The van der Waals surface area contributed by atoms with E-state index in [-0.39, 0.29) is 23.6 Å². The molecule has 0 aliphatic carbocycles. The van der Waals surface area contributed by atoms with E-state index < -0.39 is 0 Å². The second kappa shape index (κ2) is 11.7. The number of nitrogens with zero attached hydrogens (tertiary/aromatic N) is 2. The van der Waals surface area contributed by atoms with E-state index in [0.29, 0.717) is 24.4 Å². The van der Waals surface area contributed by atoms with E-state index in [1.807, 2.05) is 61.5 Å². The number of imidazole rings is 1. The summed E-state index contributed by atoms with van der Waals surface area (Å²) < 4.78 is 7.30. The first-order valence-corrected chi connectivity index (χ1v) is 12.4. The normalized spacial score (nSPS) is 11.8. The van der Waals surface area contributed by atoms with Crippen molar-refractivity contribution in [2.24, 2.45) is 0 Å². The predicted molar refractivity (Wildman–Crippen MR) is 140 cm³/mol. The second-order valence-electron chi connectivity index (χ2n) is 8.02. The van der Waals surface area contributed by atoms with E-state index in [2.05, 4.69) is 20.2 Å². The van der Waals surface area contributed by atoms with Gasteiger partial charge in [0, 0.05) is 13.7 Å². The van der Waals surface area contributed by atoms with Crippen molar-refractivity contribution >= 4 is 40.3 Å². The summed E-state index contributed by atoms with van der Waals surface area (Å²) in [4.78, 5) is 30.5. The minimum absolute atomic E-state index is 0.159. The SMILES string of the molecule is COCCn1c(SCC(=O)Nc2ccccc2C(=O)NC(C)c2ccccc2)nc2ccccc21. The van der Waals surface area contributed by atoms with Crippen LogP contribution in [0.15, 0.2) is 84.0 Å². The van der Waals surface area contributed by atoms with Crippen molar-refractivity contribution in [3.63, 3.8) is 0 Å². The summed E-state index contributed by atoms with van der Waals surface area (Å²) in [5.74, 6) is -0.296. The number of hydrogen-bond donors (Lipinski definition) is 2. The number of anilines is 1. The van der Waals surface area contributed by atoms with E-state index in [9.17, 15) is 9.59 Å². The lowest BCUT2D eigenvalue weighted by Crippen LogP contribution is -2.28. The van der Waals surface area contributed by atoms with Crippen LogP contribution in [0.1, 0.15) is 28.9 Å². The molecule has 0 spiro atoms. The highest BCUT2D eigenvalue weighted by atomic mass is 32.2. The van der Waals surface area contributed by atoms with E-state index in [4.69, 9.17) is 4.74 Å². The second-order valence-corrected chi connectivity index (χ2v) is 8.96. The molecule has 0 bridgehead atoms. The van der Waals surface area contributed by atoms with Crippen molar-refractivity contribution in [3.8, 4) is 0 Å². The number of carbonyl (C=O) groups is 2. The van der Waals surface area contributed by atoms with Gasteiger partial charge in [-0.15, -0.1) is 0 Å². The maximum Gasteiger partial charge on any atom is 0.253 e. The molecule has 0 radical (unpaired) electrons. The molecule has 4 rings (SSSR count). The van der Waals surface area contributed by atoms with Gasteiger partial charge in [-0.1, -0.05) is 66.4 Å². The number of benzene rings is 3. The van der Waals surface area contributed by atoms with Crippen LogP contribution in [0.3, 0.4) is 0 Å². The molecular formula is C27H28N4O3S. The summed E-state index contributed by atoms with van der Waals surface area (Å²) in [7, 11) is 1.66. The van der Waals surface area contributed by atoms with Crippen LogP contribution in [0, 0.1) is 0 Å². The smallest absolute Gasteiger partial charge is 0.253 e. The Morgan fingerprint density at radius 3 is 2.51 bits per heavy atom. The molecule has 35 heavy (non-hydrogen) atoms. The van der Waals surface area contributed by atoms with Gasteiger partial charge in [0.2, 0.25) is 5.91 Å². The minimum atomic E-state index is -0.244. The quantitative estimate of drug-likeness (QED) is 0.310. The standard InChI is InChI=1S/C27H28N4O3S/c1-19(20-10-4-3-5-11-20)28-26(33)21-12-6-7-13-22(21)29-25(32)18-35-27-30-23-14-8-9-15-24(23)31(27)16-17-34-2/h3-15,19H,16-18H2,1-2H3,(H,28,33)(H,29,32). The highest BCUT2D eigenvalue weighted by molar-refractivity contribution is 7.99. The van der Waals surface area contributed by atoms with Crippen LogP contribution in [-0.2, 0) is 16.1 Å². The summed E-state index contributed by atoms with van der Waals surface area (Å²) in [6.07, 6.45) is 0. The summed E-state index contributed by atoms with van der Waals surface area (Å²) in [5, 5.41) is 6.65. The van der Waals surface area contributed by atoms with Crippen molar-refractivity contribution in [2.75, 3.05) is 24.8 Å². The largest absolute Gasteiger partial charge is 0.383 e. The van der Waals surface area contributed by atoms with Crippen molar-refractivity contribution in [1.82, 2.24) is 14.9 Å². The molecule has 0 saturated heterocycles. The molecule has 2 N–H and O–H groups in total. The molecule has 1 heterocycles. The lowest BCUT2D eigenvalue weighted by molar-refractivity contribution is -0.113. The number of methoxy groups -OCH3 is 1. The van der Waals surface area contributed by atoms with Gasteiger partial charge in [0.05, 0.1) is 40.7 Å². The molecule has 1 aromatic heterocycles. The van der Waals surface area contributed by atoms with Gasteiger partial charge in [-0.3, -0.25) is 9.59 Å². The van der Waals surface area contributed by atoms with Crippen LogP contribution in [0.5, 0.6) is 0 Å². The predicted octanol–water partition coefficient (Wildman–Crippen LogP) is 4.90. The first-order valence-electron chi connectivity index (χ1n) is 11.4. The summed E-state index contributed by atoms with van der Waals surface area (Å²) >= 11 is 1.36. The zero-order valence-electron chi connectivity index (χ0n) is 19.7. The van der Waals surface area contributed by atoms with Crippen LogP contribution in [0.25, 0.3) is 11.0 Å². The number of ether oxygens (including phenoxy) is 1. The number of para-hydroxylation sites is 3. The van der Waals surface area contributed by atoms with E-state index in [1.54, 1.807) is 31.4 Å². The van der Waals surface area contributed by atoms with Crippen molar-refractivity contribution in [3.05, 3.63) is 90.0 Å². The highest BCUT2D eigenvalue weighted by Crippen LogP contribution is 2.25. The van der Waals surface area contributed by atoms with Gasteiger partial charge in [0.25, 0.3) is 5.91 Å². The fraction of sp³-hybridized carbons (Fsp3) is 0.222. The molecule has 4 aromatic rings. The first-order chi connectivity index (χ1) is 17.1. The lowest BCUT2D eigenvalue weighted by atomic mass is 10.1. The fourth-order valence-electron chi connectivity index (χ4n) is 3.77. The number of nitrogens with one attached hydrogen (secondary N) is 2. The molecule has 8 heteroatoms. The number of hydrogen-bond acceptors (Lipinski definition) is 5. The number of rotatable bonds is 10. The highest BCUT2D eigenvalue weighted by Gasteiger charge is 2.17. The zero-order chi connectivity index (χ0) is 24.6. The third-order valence-electron chi connectivity index (χ3n) is 5.56. The Morgan fingerprint density at radius 2 is 1.71 bits per heavy atom. The maximum absolute atomic E-state index is 13.0. The number of amides is 2. The van der Waals surface area contributed by atoms with Crippen LogP contribution >= 0.6 is 11.8 Å². The Labute approximate surface area is 208 Å². The fourth-order valence-corrected chi connectivity index (χ4v) is 4.61. The Bertz CT molecular complexity index is 1310. The van der Waals surface area contributed by atoms with Crippen LogP contribution in [0.4, 0.5) is 5.69 Å². The van der Waals surface area contributed by atoms with Gasteiger partial charge in [-0.05, 0) is 36.8 Å². The van der Waals surface area contributed by atoms with Gasteiger partial charge >= 0.3 is 0 Å². The average molecular weight is 489 g/mol. The van der Waals surface area contributed by atoms with Crippen LogP contribution in [0.2, 0.25) is 0 Å². The number of fused-ring (bicyclic) bond motifs is 1. The third kappa shape index (κ3) is 6.09. The van der Waals surface area contributed by atoms with Gasteiger partial charge in [0.15, 0.2) is 5.16 Å². The molecule has 0 saturated carbocycles. The Morgan fingerprint density at radius 1 is 1.00 bits per heavy atom. The molecule has 2 amide bonds. The monoisotopic (exact) mass is 488 g/mol. The van der Waals surface area contributed by atoms with Crippen LogP contribution < -0.4 is 10.6 Å². The summed E-state index contributed by atoms with van der Waals surface area (Å²) in [5.41, 5.74) is 3.78. The zero-order valence-corrected chi connectivity index (χ0v) is 20.5. The topological polar surface area (TPSA) is 85.2 Å². The van der Waals surface area contributed by atoms with Gasteiger partial charge in [-0.2, -0.15) is 0 Å². The third-order valence-corrected chi connectivity index (χ3v) is 6.54. The average Bonchev–Trinajstić information content (AvgIpc) is 3.24. The first kappa shape index (κ1) is 24.5. The Balaban J connectivity index is 1.43. The number of aromatic nitrogens is 2. The van der Waals surface area contributed by atoms with Gasteiger partial charge in [0.1, 0.15) is 0 Å². The van der Waals surface area contributed by atoms with Crippen LogP contribution in [-0.4, -0.2) is 40.8 Å².